The zero-order valence-corrected chi connectivity index (χ0v) is 14.9. The van der Waals surface area contributed by atoms with Crippen molar-refractivity contribution < 1.29 is 4.74 Å². The van der Waals surface area contributed by atoms with E-state index in [0.29, 0.717) is 12.5 Å². The van der Waals surface area contributed by atoms with E-state index < -0.39 is 0 Å². The number of halogens is 1. The molecule has 0 saturated carbocycles. The number of nitrogens with zero attached hydrogens (tertiary/aromatic N) is 4. The van der Waals surface area contributed by atoms with Crippen LogP contribution in [0.5, 0.6) is 0 Å². The van der Waals surface area contributed by atoms with E-state index in [2.05, 4.69) is 25.9 Å². The van der Waals surface area contributed by atoms with Crippen LogP contribution >= 0.6 is 11.6 Å². The molecule has 0 aliphatic carbocycles. The molecule has 2 aliphatic heterocycles. The summed E-state index contributed by atoms with van der Waals surface area (Å²) in [5.74, 6) is 2.32. The van der Waals surface area contributed by atoms with Crippen molar-refractivity contribution in [2.24, 2.45) is 0 Å². The van der Waals surface area contributed by atoms with Gasteiger partial charge in [0.2, 0.25) is 0 Å². The second-order valence-corrected chi connectivity index (χ2v) is 7.10. The molecule has 0 amide bonds. The average molecular weight is 368 g/mol. The van der Waals surface area contributed by atoms with Crippen molar-refractivity contribution in [3.05, 3.63) is 53.2 Å². The molecule has 26 heavy (non-hydrogen) atoms. The first-order chi connectivity index (χ1) is 12.8. The molecular formula is C19H18ClN5O. The molecule has 2 aliphatic rings. The molecule has 0 spiro atoms. The van der Waals surface area contributed by atoms with Crippen LogP contribution in [0.1, 0.15) is 23.9 Å². The van der Waals surface area contributed by atoms with Crippen molar-refractivity contribution in [3.8, 4) is 0 Å². The lowest BCUT2D eigenvalue weighted by Crippen LogP contribution is -2.46. The standard InChI is InChI=1S/C19H18ClN5O/c20-14-1-2-15-16(9-14)24-18(23-15)13-10-25(11-13)19-17(21-5-6-22-19)12-3-7-26-8-4-12/h1-3,5-6,9,13H,4,7-8,10-11H2,(H,23,24). The molecule has 5 rings (SSSR count). The molecule has 1 aromatic carbocycles. The van der Waals surface area contributed by atoms with E-state index >= 15 is 0 Å². The number of ether oxygens (including phenoxy) is 1. The largest absolute Gasteiger partial charge is 0.377 e. The van der Waals surface area contributed by atoms with E-state index in [1.807, 2.05) is 18.2 Å². The molecule has 1 N–H and O–H groups in total. The SMILES string of the molecule is Clc1ccc2nc(C3CN(c4nccnc4C4=CCOCC4)C3)[nH]c2c1. The number of H-pyrrole nitrogens is 1. The molecule has 1 fully saturated rings. The van der Waals surface area contributed by atoms with E-state index in [4.69, 9.17) is 21.3 Å². The van der Waals surface area contributed by atoms with Gasteiger partial charge in [0.15, 0.2) is 5.82 Å². The maximum absolute atomic E-state index is 6.06. The predicted octanol–water partition coefficient (Wildman–Crippen LogP) is 3.41. The number of nitrogens with one attached hydrogen (secondary N) is 1. The van der Waals surface area contributed by atoms with Crippen molar-refractivity contribution in [1.29, 1.82) is 0 Å². The third-order valence-corrected chi connectivity index (χ3v) is 5.21. The number of aromatic amines is 1. The fraction of sp³-hybridized carbons (Fsp3) is 0.316. The lowest BCUT2D eigenvalue weighted by atomic mass is 9.98. The van der Waals surface area contributed by atoms with Gasteiger partial charge in [0.25, 0.3) is 0 Å². The summed E-state index contributed by atoms with van der Waals surface area (Å²) in [5, 5.41) is 0.719. The van der Waals surface area contributed by atoms with E-state index in [-0.39, 0.29) is 0 Å². The lowest BCUT2D eigenvalue weighted by molar-refractivity contribution is 0.161. The van der Waals surface area contributed by atoms with Crippen molar-refractivity contribution in [2.75, 3.05) is 31.2 Å². The van der Waals surface area contributed by atoms with Gasteiger partial charge in [-0.1, -0.05) is 17.7 Å². The molecule has 4 heterocycles. The Labute approximate surface area is 155 Å². The summed E-state index contributed by atoms with van der Waals surface area (Å²) in [7, 11) is 0. The number of imidazole rings is 1. The monoisotopic (exact) mass is 367 g/mol. The van der Waals surface area contributed by atoms with Gasteiger partial charge in [-0.3, -0.25) is 4.98 Å². The van der Waals surface area contributed by atoms with Crippen LogP contribution < -0.4 is 4.90 Å². The van der Waals surface area contributed by atoms with E-state index in [0.717, 1.165) is 59.5 Å². The maximum atomic E-state index is 6.06. The number of anilines is 1. The summed E-state index contributed by atoms with van der Waals surface area (Å²) in [5.41, 5.74) is 4.14. The van der Waals surface area contributed by atoms with Crippen LogP contribution in [-0.2, 0) is 4.74 Å². The maximum Gasteiger partial charge on any atom is 0.154 e. The van der Waals surface area contributed by atoms with Crippen molar-refractivity contribution in [1.82, 2.24) is 19.9 Å². The van der Waals surface area contributed by atoms with Crippen LogP contribution in [0.25, 0.3) is 16.6 Å². The second kappa shape index (κ2) is 6.37. The number of hydrogen-bond acceptors (Lipinski definition) is 5. The first-order valence-corrected chi connectivity index (χ1v) is 9.14. The highest BCUT2D eigenvalue weighted by Crippen LogP contribution is 2.34. The second-order valence-electron chi connectivity index (χ2n) is 6.67. The highest BCUT2D eigenvalue weighted by atomic mass is 35.5. The van der Waals surface area contributed by atoms with Gasteiger partial charge in [-0.25, -0.2) is 9.97 Å². The average Bonchev–Trinajstić information content (AvgIpc) is 3.04. The van der Waals surface area contributed by atoms with Crippen LogP contribution in [0.2, 0.25) is 5.02 Å². The fourth-order valence-electron chi connectivity index (χ4n) is 3.55. The van der Waals surface area contributed by atoms with Crippen LogP contribution in [0.3, 0.4) is 0 Å². The quantitative estimate of drug-likeness (QED) is 0.768. The van der Waals surface area contributed by atoms with Crippen molar-refractivity contribution in [2.45, 2.75) is 12.3 Å². The summed E-state index contributed by atoms with van der Waals surface area (Å²) >= 11 is 6.06. The summed E-state index contributed by atoms with van der Waals surface area (Å²) < 4.78 is 5.41. The molecule has 7 heteroatoms. The molecule has 0 unspecified atom stereocenters. The third-order valence-electron chi connectivity index (χ3n) is 4.98. The molecule has 0 bridgehead atoms. The number of benzene rings is 1. The Balaban J connectivity index is 1.37. The number of fused-ring (bicyclic) bond motifs is 1. The van der Waals surface area contributed by atoms with Crippen molar-refractivity contribution >= 4 is 34.0 Å². The number of rotatable bonds is 3. The lowest BCUT2D eigenvalue weighted by Gasteiger charge is -2.39. The Morgan fingerprint density at radius 2 is 2.08 bits per heavy atom. The van der Waals surface area contributed by atoms with Gasteiger partial charge in [-0.15, -0.1) is 0 Å². The molecule has 3 aromatic rings. The molecule has 1 saturated heterocycles. The van der Waals surface area contributed by atoms with E-state index in [1.165, 1.54) is 5.57 Å². The van der Waals surface area contributed by atoms with Crippen LogP contribution in [0, 0.1) is 0 Å². The van der Waals surface area contributed by atoms with Gasteiger partial charge in [0.1, 0.15) is 11.5 Å². The Morgan fingerprint density at radius 1 is 1.19 bits per heavy atom. The smallest absolute Gasteiger partial charge is 0.154 e. The van der Waals surface area contributed by atoms with E-state index in [1.54, 1.807) is 12.4 Å². The highest BCUT2D eigenvalue weighted by molar-refractivity contribution is 6.31. The van der Waals surface area contributed by atoms with Gasteiger partial charge in [0, 0.05) is 30.5 Å². The molecule has 2 aromatic heterocycles. The Bertz CT molecular complexity index is 993. The summed E-state index contributed by atoms with van der Waals surface area (Å²) in [6, 6.07) is 5.74. The predicted molar refractivity (Wildman–Crippen MR) is 102 cm³/mol. The van der Waals surface area contributed by atoms with Gasteiger partial charge in [-0.2, -0.15) is 0 Å². The van der Waals surface area contributed by atoms with Gasteiger partial charge >= 0.3 is 0 Å². The van der Waals surface area contributed by atoms with Gasteiger partial charge in [0.05, 0.1) is 30.2 Å². The third kappa shape index (κ3) is 2.75. The van der Waals surface area contributed by atoms with Crippen molar-refractivity contribution in [3.63, 3.8) is 0 Å². The minimum Gasteiger partial charge on any atom is -0.377 e. The molecule has 0 atom stereocenters. The molecule has 0 radical (unpaired) electrons. The zero-order valence-electron chi connectivity index (χ0n) is 14.2. The minimum absolute atomic E-state index is 0.361. The Kier molecular flexibility index (Phi) is 3.87. The molecule has 132 valence electrons. The highest BCUT2D eigenvalue weighted by Gasteiger charge is 2.33. The first-order valence-electron chi connectivity index (χ1n) is 8.76. The normalized spacial score (nSPS) is 18.0. The van der Waals surface area contributed by atoms with Gasteiger partial charge < -0.3 is 14.6 Å². The Hall–Kier alpha value is -2.44. The number of hydrogen-bond donors (Lipinski definition) is 1. The van der Waals surface area contributed by atoms with Crippen LogP contribution in [0.15, 0.2) is 36.7 Å². The van der Waals surface area contributed by atoms with E-state index in [9.17, 15) is 0 Å². The molecule has 6 nitrogen and oxygen atoms in total. The zero-order chi connectivity index (χ0) is 17.5. The minimum atomic E-state index is 0.361. The fourth-order valence-corrected chi connectivity index (χ4v) is 3.72. The first kappa shape index (κ1) is 15.8. The number of aromatic nitrogens is 4. The van der Waals surface area contributed by atoms with Crippen LogP contribution in [0.4, 0.5) is 5.82 Å². The summed E-state index contributed by atoms with van der Waals surface area (Å²) in [6.45, 7) is 3.15. The molecular weight excluding hydrogens is 350 g/mol. The summed E-state index contributed by atoms with van der Waals surface area (Å²) in [4.78, 5) is 19.6. The summed E-state index contributed by atoms with van der Waals surface area (Å²) in [6.07, 6.45) is 6.51. The van der Waals surface area contributed by atoms with Crippen LogP contribution in [-0.4, -0.2) is 46.2 Å². The Morgan fingerprint density at radius 3 is 2.92 bits per heavy atom. The van der Waals surface area contributed by atoms with Gasteiger partial charge in [-0.05, 0) is 30.2 Å². The topological polar surface area (TPSA) is 66.9 Å².